The fourth-order valence-electron chi connectivity index (χ4n) is 4.45. The molecule has 0 aliphatic carbocycles. The summed E-state index contributed by atoms with van der Waals surface area (Å²) in [5, 5.41) is 0. The number of benzene rings is 2. The Hall–Kier alpha value is -4.73. The molecule has 10 heteroatoms. The van der Waals surface area contributed by atoms with E-state index in [-0.39, 0.29) is 17.0 Å². The van der Waals surface area contributed by atoms with Gasteiger partial charge >= 0.3 is 11.7 Å². The van der Waals surface area contributed by atoms with E-state index in [1.807, 2.05) is 60.7 Å². The van der Waals surface area contributed by atoms with Crippen molar-refractivity contribution in [1.29, 1.82) is 0 Å². The smallest absolute Gasteiger partial charge is 0.332 e. The number of aromatic nitrogens is 4. The molecule has 0 radical (unpaired) electrons. The number of nitrogens with two attached hydrogens (primary N) is 1. The lowest BCUT2D eigenvalue weighted by Gasteiger charge is -2.22. The zero-order valence-corrected chi connectivity index (χ0v) is 21.6. The number of carbonyl (C=O) groups is 2. The number of aryl methyl sites for hydroxylation is 2. The molecule has 2 N–H and O–H groups in total. The van der Waals surface area contributed by atoms with Gasteiger partial charge in [0.1, 0.15) is 5.78 Å². The van der Waals surface area contributed by atoms with Crippen LogP contribution in [-0.4, -0.2) is 30.5 Å². The predicted molar refractivity (Wildman–Crippen MR) is 148 cm³/mol. The average molecular weight is 515 g/mol. The summed E-state index contributed by atoms with van der Waals surface area (Å²) in [6, 6.07) is 14.9. The molecule has 2 amide bonds. The van der Waals surface area contributed by atoms with E-state index in [1.54, 1.807) is 23.6 Å². The van der Waals surface area contributed by atoms with Crippen LogP contribution in [-0.2, 0) is 25.4 Å². The molecule has 0 unspecified atom stereocenters. The number of primary amides is 1. The minimum absolute atomic E-state index is 0.118. The number of ketones is 1. The molecular formula is C28H30N6O4. The Morgan fingerprint density at radius 3 is 2.03 bits per heavy atom. The molecule has 0 atom stereocenters. The van der Waals surface area contributed by atoms with Gasteiger partial charge in [-0.1, -0.05) is 48.6 Å². The number of hydrogen-bond donors (Lipinski definition) is 1. The van der Waals surface area contributed by atoms with Gasteiger partial charge in [0.2, 0.25) is 0 Å². The molecule has 2 aromatic carbocycles. The molecule has 196 valence electrons. The summed E-state index contributed by atoms with van der Waals surface area (Å²) in [5.41, 5.74) is 9.21. The molecule has 0 saturated carbocycles. The lowest BCUT2D eigenvalue weighted by molar-refractivity contribution is -0.117. The molecule has 4 aromatic rings. The molecule has 0 fully saturated rings. The van der Waals surface area contributed by atoms with Gasteiger partial charge in [0.05, 0.1) is 17.7 Å². The average Bonchev–Trinajstić information content (AvgIpc) is 3.19. The monoisotopic (exact) mass is 514 g/mol. The molecule has 2 aromatic heterocycles. The first-order valence-electron chi connectivity index (χ1n) is 12.3. The third-order valence-electron chi connectivity index (χ3n) is 6.38. The Morgan fingerprint density at radius 2 is 1.47 bits per heavy atom. The van der Waals surface area contributed by atoms with Crippen LogP contribution in [0.2, 0.25) is 0 Å². The van der Waals surface area contributed by atoms with Gasteiger partial charge in [-0.2, -0.15) is 0 Å². The maximum Gasteiger partial charge on any atom is 0.332 e. The molecule has 38 heavy (non-hydrogen) atoms. The quantitative estimate of drug-likeness (QED) is 0.408. The van der Waals surface area contributed by atoms with Crippen molar-refractivity contribution in [1.82, 2.24) is 18.7 Å². The van der Waals surface area contributed by atoms with Crippen molar-refractivity contribution in [2.45, 2.75) is 32.7 Å². The van der Waals surface area contributed by atoms with E-state index in [0.717, 1.165) is 22.5 Å². The number of hydrogen-bond acceptors (Lipinski definition) is 5. The number of Topliss-reactive ketones (excluding diaryl/α,β-unsaturated/α-hetero) is 1. The summed E-state index contributed by atoms with van der Waals surface area (Å²) in [7, 11) is 3.32. The van der Waals surface area contributed by atoms with E-state index in [4.69, 9.17) is 5.73 Å². The summed E-state index contributed by atoms with van der Waals surface area (Å²) in [6.45, 7) is 1.85. The van der Waals surface area contributed by atoms with E-state index in [0.29, 0.717) is 37.0 Å². The number of carbonyl (C=O) groups excluding carboxylic acids is 2. The molecule has 1 aliphatic rings. The van der Waals surface area contributed by atoms with Gasteiger partial charge in [0.25, 0.3) is 5.56 Å². The molecular weight excluding hydrogens is 484 g/mol. The topological polar surface area (TPSA) is 125 Å². The predicted octanol–water partition coefficient (Wildman–Crippen LogP) is 3.58. The van der Waals surface area contributed by atoms with E-state index >= 15 is 0 Å². The second-order valence-corrected chi connectivity index (χ2v) is 9.11. The Bertz CT molecular complexity index is 1610. The van der Waals surface area contributed by atoms with Crippen LogP contribution in [0.1, 0.15) is 37.3 Å². The van der Waals surface area contributed by atoms with Crippen LogP contribution in [0.5, 0.6) is 0 Å². The van der Waals surface area contributed by atoms with Gasteiger partial charge in [-0.05, 0) is 43.0 Å². The number of anilines is 2. The fourth-order valence-corrected chi connectivity index (χ4v) is 4.45. The summed E-state index contributed by atoms with van der Waals surface area (Å²) in [5.74, 6) is 0.118. The van der Waals surface area contributed by atoms with Crippen molar-refractivity contribution in [2.75, 3.05) is 4.90 Å². The zero-order chi connectivity index (χ0) is 27.4. The first-order chi connectivity index (χ1) is 18.2. The molecule has 3 heterocycles. The van der Waals surface area contributed by atoms with Crippen molar-refractivity contribution in [2.24, 2.45) is 19.8 Å². The number of fused-ring (bicyclic) bond motifs is 3. The minimum atomic E-state index is -0.474. The first-order valence-corrected chi connectivity index (χ1v) is 12.3. The molecule has 1 aliphatic heterocycles. The summed E-state index contributed by atoms with van der Waals surface area (Å²) in [4.78, 5) is 52.7. The lowest BCUT2D eigenvalue weighted by atomic mass is 10.1. The second-order valence-electron chi connectivity index (χ2n) is 9.11. The Morgan fingerprint density at radius 1 is 0.895 bits per heavy atom. The van der Waals surface area contributed by atoms with Crippen LogP contribution in [0.3, 0.4) is 0 Å². The Labute approximate surface area is 219 Å². The third kappa shape index (κ3) is 5.19. The van der Waals surface area contributed by atoms with Crippen LogP contribution in [0.4, 0.5) is 16.2 Å². The molecule has 5 rings (SSSR count). The minimum Gasteiger partial charge on any atom is -0.351 e. The number of imidazole rings is 1. The maximum absolute atomic E-state index is 12.3. The molecule has 0 spiro atoms. The first kappa shape index (κ1) is 26.3. The Balaban J connectivity index is 0.000000178. The lowest BCUT2D eigenvalue weighted by Crippen LogP contribution is -2.39. The SMILES string of the molecule is CC(=O)CCCCn1c(=O)c2c(ncn2C)n(C)c1=O.NC(=O)N1c2ccccc2C=Cc2ccccc21. The number of urea groups is 1. The number of para-hydroxylation sites is 2. The van der Waals surface area contributed by atoms with Crippen molar-refractivity contribution < 1.29 is 9.59 Å². The van der Waals surface area contributed by atoms with Gasteiger partial charge < -0.3 is 15.1 Å². The normalized spacial score (nSPS) is 11.8. The largest absolute Gasteiger partial charge is 0.351 e. The molecule has 0 bridgehead atoms. The Kier molecular flexibility index (Phi) is 7.71. The summed E-state index contributed by atoms with van der Waals surface area (Å²) < 4.78 is 4.20. The van der Waals surface area contributed by atoms with Gasteiger partial charge in [0, 0.05) is 27.1 Å². The van der Waals surface area contributed by atoms with Crippen molar-refractivity contribution in [3.8, 4) is 0 Å². The fraction of sp³-hybridized carbons (Fsp3) is 0.250. The standard InChI is InChI=1S/C15H12N2O.C13H18N4O3/c16-15(18)17-13-7-3-1-5-11(13)9-10-12-6-2-4-8-14(12)17;1-9(18)6-4-5-7-17-12(19)10-11(14-8-15(10)2)16(3)13(17)20/h1-10H,(H2,16,18);8H,4-7H2,1-3H3. The molecule has 0 saturated heterocycles. The van der Waals surface area contributed by atoms with Gasteiger partial charge in [0.15, 0.2) is 11.2 Å². The van der Waals surface area contributed by atoms with Crippen LogP contribution in [0, 0.1) is 0 Å². The van der Waals surface area contributed by atoms with Crippen LogP contribution < -0.4 is 21.9 Å². The highest BCUT2D eigenvalue weighted by Gasteiger charge is 2.21. The van der Waals surface area contributed by atoms with Crippen LogP contribution >= 0.6 is 0 Å². The maximum atomic E-state index is 12.3. The van der Waals surface area contributed by atoms with Gasteiger partial charge in [-0.25, -0.2) is 14.6 Å². The van der Waals surface area contributed by atoms with Crippen LogP contribution in [0.15, 0.2) is 64.4 Å². The zero-order valence-electron chi connectivity index (χ0n) is 21.6. The molecule has 10 nitrogen and oxygen atoms in total. The number of amides is 2. The highest BCUT2D eigenvalue weighted by atomic mass is 16.2. The van der Waals surface area contributed by atoms with E-state index in [2.05, 4.69) is 4.98 Å². The number of rotatable bonds is 5. The second kappa shape index (κ2) is 11.1. The van der Waals surface area contributed by atoms with Gasteiger partial charge in [-0.15, -0.1) is 0 Å². The van der Waals surface area contributed by atoms with E-state index < -0.39 is 6.03 Å². The number of nitrogens with zero attached hydrogens (tertiary/aromatic N) is 5. The number of unbranched alkanes of at least 4 members (excludes halogenated alkanes) is 1. The van der Waals surface area contributed by atoms with Crippen LogP contribution in [0.25, 0.3) is 23.3 Å². The van der Waals surface area contributed by atoms with E-state index in [1.165, 1.54) is 22.4 Å². The third-order valence-corrected chi connectivity index (χ3v) is 6.38. The summed E-state index contributed by atoms with van der Waals surface area (Å²) in [6.07, 6.45) is 7.29. The van der Waals surface area contributed by atoms with Crippen molar-refractivity contribution in [3.63, 3.8) is 0 Å². The van der Waals surface area contributed by atoms with Gasteiger partial charge in [-0.3, -0.25) is 18.8 Å². The highest BCUT2D eigenvalue weighted by Crippen LogP contribution is 2.35. The van der Waals surface area contributed by atoms with Crippen molar-refractivity contribution in [3.05, 3.63) is 86.8 Å². The summed E-state index contributed by atoms with van der Waals surface area (Å²) >= 11 is 0. The van der Waals surface area contributed by atoms with E-state index in [9.17, 15) is 19.2 Å². The van der Waals surface area contributed by atoms with Crippen molar-refractivity contribution >= 4 is 46.5 Å². The highest BCUT2D eigenvalue weighted by molar-refractivity contribution is 6.04.